The summed E-state index contributed by atoms with van der Waals surface area (Å²) in [5.74, 6) is 1.77. The maximum Gasteiger partial charge on any atom is 0.407 e. The van der Waals surface area contributed by atoms with E-state index in [1.165, 1.54) is 5.56 Å². The van der Waals surface area contributed by atoms with Crippen molar-refractivity contribution in [1.82, 2.24) is 4.74 Å². The minimum absolute atomic E-state index is 0. The molecule has 0 saturated carbocycles. The third-order valence-corrected chi connectivity index (χ3v) is 4.02. The zero-order valence-corrected chi connectivity index (χ0v) is 14.9. The lowest BCUT2D eigenvalue weighted by Gasteiger charge is -2.03. The Balaban J connectivity index is 0.00000196. The molecule has 1 N–H and O–H groups in total. The van der Waals surface area contributed by atoms with Gasteiger partial charge in [-0.1, -0.05) is 71.3 Å². The van der Waals surface area contributed by atoms with Crippen LogP contribution < -0.4 is 17.7 Å². The van der Waals surface area contributed by atoms with Crippen LogP contribution in [0, 0.1) is 0 Å². The first-order valence-corrected chi connectivity index (χ1v) is 8.34. The van der Waals surface area contributed by atoms with Gasteiger partial charge in [-0.05, 0) is 29.8 Å². The van der Waals surface area contributed by atoms with E-state index < -0.39 is 0 Å². The Morgan fingerprint density at radius 1 is 0.731 bits per heavy atom. The Bertz CT molecular complexity index is 879. The molecular formula is C22H19ClN2O. The van der Waals surface area contributed by atoms with Crippen LogP contribution in [0.3, 0.4) is 0 Å². The predicted octanol–water partition coefficient (Wildman–Crippen LogP) is 2.83. The molecule has 4 rings (SSSR count). The molecule has 0 aliphatic rings. The van der Waals surface area contributed by atoms with Crippen LogP contribution in [0.4, 0.5) is 11.5 Å². The summed E-state index contributed by atoms with van der Waals surface area (Å²) in [4.78, 5) is 0. The number of para-hydroxylation sites is 1. The molecule has 0 fully saturated rings. The fourth-order valence-electron chi connectivity index (χ4n) is 2.76. The molecule has 0 aliphatic carbocycles. The van der Waals surface area contributed by atoms with Gasteiger partial charge in [0.25, 0.3) is 0 Å². The lowest BCUT2D eigenvalue weighted by Crippen LogP contribution is -3.00. The highest BCUT2D eigenvalue weighted by molar-refractivity contribution is 5.64. The molecule has 4 aromatic rings. The monoisotopic (exact) mass is 362 g/mol. The number of aromatic nitrogens is 1. The van der Waals surface area contributed by atoms with Gasteiger partial charge in [-0.15, -0.1) is 0 Å². The Kier molecular flexibility index (Phi) is 5.72. The van der Waals surface area contributed by atoms with E-state index in [1.807, 2.05) is 77.5 Å². The average molecular weight is 363 g/mol. The van der Waals surface area contributed by atoms with E-state index in [4.69, 9.17) is 4.52 Å². The van der Waals surface area contributed by atoms with Gasteiger partial charge in [0.1, 0.15) is 6.54 Å². The SMILES string of the molecule is [Cl-].c1ccc(Cn2[o+]c(-c3ccccc3)cc2Nc2ccccc2)cc1. The molecule has 1 heterocycles. The highest BCUT2D eigenvalue weighted by Gasteiger charge is 2.22. The van der Waals surface area contributed by atoms with Gasteiger partial charge in [0.2, 0.25) is 5.82 Å². The second kappa shape index (κ2) is 8.37. The predicted molar refractivity (Wildman–Crippen MR) is 102 cm³/mol. The van der Waals surface area contributed by atoms with Gasteiger partial charge < -0.3 is 17.7 Å². The van der Waals surface area contributed by atoms with E-state index >= 15 is 0 Å². The van der Waals surface area contributed by atoms with Crippen molar-refractivity contribution in [3.63, 3.8) is 0 Å². The van der Waals surface area contributed by atoms with Crippen LogP contribution in [0.1, 0.15) is 5.56 Å². The van der Waals surface area contributed by atoms with Crippen molar-refractivity contribution in [2.45, 2.75) is 6.54 Å². The number of hydrogen-bond acceptors (Lipinski definition) is 1. The number of nitrogens with one attached hydrogen (secondary N) is 1. The molecule has 0 aliphatic heterocycles. The molecule has 0 radical (unpaired) electrons. The first-order valence-electron chi connectivity index (χ1n) is 8.34. The van der Waals surface area contributed by atoms with Crippen LogP contribution in [-0.2, 0) is 6.54 Å². The second-order valence-corrected chi connectivity index (χ2v) is 5.86. The van der Waals surface area contributed by atoms with E-state index in [9.17, 15) is 0 Å². The smallest absolute Gasteiger partial charge is 0.407 e. The van der Waals surface area contributed by atoms with Gasteiger partial charge in [0.15, 0.2) is 0 Å². The van der Waals surface area contributed by atoms with Crippen LogP contribution in [0.15, 0.2) is 102 Å². The van der Waals surface area contributed by atoms with Crippen molar-refractivity contribution in [3.05, 3.63) is 103 Å². The van der Waals surface area contributed by atoms with Crippen LogP contribution >= 0.6 is 0 Å². The van der Waals surface area contributed by atoms with Crippen molar-refractivity contribution in [1.29, 1.82) is 0 Å². The van der Waals surface area contributed by atoms with Crippen molar-refractivity contribution in [2.75, 3.05) is 5.32 Å². The number of halogens is 1. The standard InChI is InChI=1S/C22H19N2O.ClH/c1-4-10-18(11-5-1)17-24-22(23-20-14-8-3-9-15-20)16-21(25-24)19-12-6-2-7-13-19;/h1-16,23H,17H2;1H/q+1;/p-1. The van der Waals surface area contributed by atoms with E-state index in [2.05, 4.69) is 29.6 Å². The first kappa shape index (κ1) is 17.8. The third-order valence-electron chi connectivity index (χ3n) is 4.02. The maximum absolute atomic E-state index is 6.13. The Morgan fingerprint density at radius 3 is 1.96 bits per heavy atom. The highest BCUT2D eigenvalue weighted by atomic mass is 35.5. The van der Waals surface area contributed by atoms with E-state index in [1.54, 1.807) is 0 Å². The Morgan fingerprint density at radius 2 is 1.31 bits per heavy atom. The molecule has 3 nitrogen and oxygen atoms in total. The average Bonchev–Trinajstić information content (AvgIpc) is 3.06. The third kappa shape index (κ3) is 4.13. The summed E-state index contributed by atoms with van der Waals surface area (Å²) in [6, 6.07) is 32.6. The summed E-state index contributed by atoms with van der Waals surface area (Å²) in [6.07, 6.45) is 0. The summed E-state index contributed by atoms with van der Waals surface area (Å²) in [5.41, 5.74) is 3.28. The highest BCUT2D eigenvalue weighted by Crippen LogP contribution is 2.27. The number of hydrogen-bond donors (Lipinski definition) is 1. The van der Waals surface area contributed by atoms with Gasteiger partial charge >= 0.3 is 5.76 Å². The van der Waals surface area contributed by atoms with Crippen LogP contribution in [0.2, 0.25) is 0 Å². The molecule has 26 heavy (non-hydrogen) atoms. The zero-order chi connectivity index (χ0) is 16.9. The molecule has 0 saturated heterocycles. The summed E-state index contributed by atoms with van der Waals surface area (Å²) >= 11 is 0. The molecule has 4 heteroatoms. The second-order valence-electron chi connectivity index (χ2n) is 5.86. The topological polar surface area (TPSA) is 28.3 Å². The molecule has 0 bridgehead atoms. The van der Waals surface area contributed by atoms with Crippen molar-refractivity contribution < 1.29 is 16.9 Å². The Hall–Kier alpha value is -3.04. The van der Waals surface area contributed by atoms with Gasteiger partial charge in [-0.3, -0.25) is 0 Å². The number of anilines is 2. The van der Waals surface area contributed by atoms with E-state index in [-0.39, 0.29) is 12.4 Å². The van der Waals surface area contributed by atoms with E-state index in [0.717, 1.165) is 22.8 Å². The Labute approximate surface area is 159 Å². The number of benzene rings is 3. The zero-order valence-electron chi connectivity index (χ0n) is 14.2. The minimum Gasteiger partial charge on any atom is -1.00 e. The summed E-state index contributed by atoms with van der Waals surface area (Å²) in [7, 11) is 0. The fourth-order valence-corrected chi connectivity index (χ4v) is 2.76. The fraction of sp³-hybridized carbons (Fsp3) is 0.0455. The van der Waals surface area contributed by atoms with Crippen LogP contribution in [0.25, 0.3) is 11.3 Å². The molecule has 0 atom stereocenters. The van der Waals surface area contributed by atoms with Crippen LogP contribution in [0.5, 0.6) is 0 Å². The minimum atomic E-state index is 0. The molecular weight excluding hydrogens is 344 g/mol. The summed E-state index contributed by atoms with van der Waals surface area (Å²) in [5, 5.41) is 3.45. The molecule has 130 valence electrons. The van der Waals surface area contributed by atoms with Gasteiger partial charge in [-0.2, -0.15) is 0 Å². The summed E-state index contributed by atoms with van der Waals surface area (Å²) < 4.78 is 8.02. The molecule has 0 unspecified atom stereocenters. The number of rotatable bonds is 5. The first-order chi connectivity index (χ1) is 12.4. The van der Waals surface area contributed by atoms with Crippen molar-refractivity contribution >= 4 is 11.5 Å². The number of nitrogens with zero attached hydrogens (tertiary/aromatic N) is 1. The largest absolute Gasteiger partial charge is 1.00 e. The van der Waals surface area contributed by atoms with E-state index in [0.29, 0.717) is 6.54 Å². The molecule has 3 aromatic carbocycles. The lowest BCUT2D eigenvalue weighted by atomic mass is 10.2. The van der Waals surface area contributed by atoms with Crippen molar-refractivity contribution in [2.24, 2.45) is 0 Å². The van der Waals surface area contributed by atoms with Crippen LogP contribution in [-0.4, -0.2) is 4.74 Å². The van der Waals surface area contributed by atoms with Gasteiger partial charge in [0, 0.05) is 10.4 Å². The van der Waals surface area contributed by atoms with Gasteiger partial charge in [0.05, 0.1) is 11.6 Å². The lowest BCUT2D eigenvalue weighted by molar-refractivity contribution is -0.00000547. The quantitative estimate of drug-likeness (QED) is 0.553. The normalized spacial score (nSPS) is 10.2. The molecule has 0 spiro atoms. The maximum atomic E-state index is 6.13. The van der Waals surface area contributed by atoms with Crippen molar-refractivity contribution in [3.8, 4) is 11.3 Å². The van der Waals surface area contributed by atoms with Gasteiger partial charge in [-0.25, -0.2) is 0 Å². The molecule has 0 amide bonds. The molecule has 1 aromatic heterocycles. The summed E-state index contributed by atoms with van der Waals surface area (Å²) in [6.45, 7) is 0.669.